The summed E-state index contributed by atoms with van der Waals surface area (Å²) < 4.78 is 10.4. The number of hydrogen-bond acceptors (Lipinski definition) is 2. The Hall–Kier alpha value is 0.0400. The zero-order valence-electron chi connectivity index (χ0n) is 7.27. The third kappa shape index (κ3) is 3.73. The van der Waals surface area contributed by atoms with Crippen molar-refractivity contribution in [3.8, 4) is 0 Å². The molecule has 1 aliphatic rings. The van der Waals surface area contributed by atoms with E-state index in [4.69, 9.17) is 9.79 Å². The second kappa shape index (κ2) is 4.51. The lowest BCUT2D eigenvalue weighted by molar-refractivity contribution is 0.383. The van der Waals surface area contributed by atoms with Crippen molar-refractivity contribution in [2.45, 2.75) is 38.1 Å². The van der Waals surface area contributed by atoms with Gasteiger partial charge in [-0.15, -0.1) is 0 Å². The first-order chi connectivity index (χ1) is 6.00. The van der Waals surface area contributed by atoms with Crippen LogP contribution in [0.3, 0.4) is 0 Å². The van der Waals surface area contributed by atoms with Gasteiger partial charge in [-0.05, 0) is 12.8 Å². The van der Waals surface area contributed by atoms with Crippen LogP contribution < -0.4 is 5.32 Å². The minimum absolute atomic E-state index is 0.161. The summed E-state index contributed by atoms with van der Waals surface area (Å²) in [6, 6.07) is 0.161. The summed E-state index contributed by atoms with van der Waals surface area (Å²) in [5.41, 5.74) is 0. The molecule has 1 saturated carbocycles. The van der Waals surface area contributed by atoms with E-state index in [0.29, 0.717) is 0 Å². The third-order valence-electron chi connectivity index (χ3n) is 2.20. The summed E-state index contributed by atoms with van der Waals surface area (Å²) in [7, 11) is -4.20. The zero-order chi connectivity index (χ0) is 9.90. The zero-order valence-corrected chi connectivity index (χ0v) is 8.98. The number of thiocarbonyl (C=S) groups is 1. The summed E-state index contributed by atoms with van der Waals surface area (Å²) in [4.78, 5) is 17.4. The maximum atomic E-state index is 10.7. The van der Waals surface area contributed by atoms with Crippen molar-refractivity contribution >= 4 is 24.5 Å². The highest BCUT2D eigenvalue weighted by molar-refractivity contribution is 7.97. The molecule has 6 heteroatoms. The van der Waals surface area contributed by atoms with Gasteiger partial charge in [0.1, 0.15) is 0 Å². The van der Waals surface area contributed by atoms with E-state index in [0.717, 1.165) is 25.7 Å². The van der Waals surface area contributed by atoms with Crippen LogP contribution in [-0.2, 0) is 4.57 Å². The largest absolute Gasteiger partial charge is 0.383 e. The molecule has 1 fully saturated rings. The van der Waals surface area contributed by atoms with E-state index in [1.54, 1.807) is 0 Å². The molecule has 1 rings (SSSR count). The molecule has 0 atom stereocenters. The Morgan fingerprint density at radius 1 is 1.31 bits per heavy atom. The molecule has 0 spiro atoms. The van der Waals surface area contributed by atoms with Crippen LogP contribution in [0.15, 0.2) is 0 Å². The SMILES string of the molecule is O=P(O)(O)C(=S)NC1CCCCC1. The summed E-state index contributed by atoms with van der Waals surface area (Å²) in [5.74, 6) is 0. The standard InChI is InChI=1S/C7H14NO3PS/c9-12(10,11)7(13)8-6-4-2-1-3-5-6/h6H,1-5H2,(H,8,13)(H2,9,10,11). The summed E-state index contributed by atoms with van der Waals surface area (Å²) in [6.45, 7) is 0. The molecule has 4 nitrogen and oxygen atoms in total. The Bertz CT molecular complexity index is 234. The van der Waals surface area contributed by atoms with Gasteiger partial charge < -0.3 is 15.1 Å². The topological polar surface area (TPSA) is 69.6 Å². The fourth-order valence-corrected chi connectivity index (χ4v) is 2.02. The van der Waals surface area contributed by atoms with Crippen LogP contribution >= 0.6 is 19.8 Å². The molecule has 0 bridgehead atoms. The molecule has 0 unspecified atom stereocenters. The molecule has 0 saturated heterocycles. The van der Waals surface area contributed by atoms with Crippen molar-refractivity contribution in [2.24, 2.45) is 0 Å². The monoisotopic (exact) mass is 223 g/mol. The number of rotatable bonds is 2. The molecule has 0 amide bonds. The van der Waals surface area contributed by atoms with Crippen LogP contribution in [0, 0.1) is 0 Å². The first-order valence-electron chi connectivity index (χ1n) is 4.37. The Kier molecular flexibility index (Phi) is 3.86. The average molecular weight is 223 g/mol. The summed E-state index contributed by atoms with van der Waals surface area (Å²) in [6.07, 6.45) is 5.35. The molecule has 0 aliphatic heterocycles. The van der Waals surface area contributed by atoms with Crippen LogP contribution in [0.25, 0.3) is 0 Å². The molecular formula is C7H14NO3PS. The van der Waals surface area contributed by atoms with E-state index in [1.807, 2.05) is 0 Å². The van der Waals surface area contributed by atoms with E-state index in [9.17, 15) is 4.57 Å². The molecule has 0 radical (unpaired) electrons. The van der Waals surface area contributed by atoms with Crippen molar-refractivity contribution in [3.05, 3.63) is 0 Å². The molecule has 0 aromatic carbocycles. The van der Waals surface area contributed by atoms with Crippen LogP contribution in [-0.4, -0.2) is 20.6 Å². The van der Waals surface area contributed by atoms with E-state index in [2.05, 4.69) is 17.5 Å². The molecule has 13 heavy (non-hydrogen) atoms. The average Bonchev–Trinajstić information content (AvgIpc) is 2.04. The van der Waals surface area contributed by atoms with Crippen molar-refractivity contribution in [3.63, 3.8) is 0 Å². The third-order valence-corrected chi connectivity index (χ3v) is 3.69. The minimum Gasteiger partial charge on any atom is -0.367 e. The Morgan fingerprint density at radius 2 is 1.85 bits per heavy atom. The molecular weight excluding hydrogens is 209 g/mol. The van der Waals surface area contributed by atoms with E-state index in [1.165, 1.54) is 6.42 Å². The van der Waals surface area contributed by atoms with Crippen molar-refractivity contribution in [1.82, 2.24) is 5.32 Å². The van der Waals surface area contributed by atoms with E-state index in [-0.39, 0.29) is 10.8 Å². The number of hydrogen-bond donors (Lipinski definition) is 3. The van der Waals surface area contributed by atoms with Gasteiger partial charge in [0.2, 0.25) is 0 Å². The fourth-order valence-electron chi connectivity index (χ4n) is 1.51. The highest BCUT2D eigenvalue weighted by Gasteiger charge is 2.24. The quantitative estimate of drug-likeness (QED) is 0.487. The van der Waals surface area contributed by atoms with Gasteiger partial charge in [-0.1, -0.05) is 31.5 Å². The lowest BCUT2D eigenvalue weighted by atomic mass is 9.96. The molecule has 0 heterocycles. The maximum absolute atomic E-state index is 10.7. The predicted octanol–water partition coefficient (Wildman–Crippen LogP) is 1.37. The summed E-state index contributed by atoms with van der Waals surface area (Å²) >= 11 is 4.60. The van der Waals surface area contributed by atoms with Crippen LogP contribution in [0.5, 0.6) is 0 Å². The van der Waals surface area contributed by atoms with Gasteiger partial charge in [0.25, 0.3) is 0 Å². The van der Waals surface area contributed by atoms with Crippen molar-refractivity contribution in [1.29, 1.82) is 0 Å². The lowest BCUT2D eigenvalue weighted by Gasteiger charge is -2.24. The molecule has 1 aliphatic carbocycles. The van der Waals surface area contributed by atoms with Gasteiger partial charge in [-0.3, -0.25) is 4.57 Å². The predicted molar refractivity (Wildman–Crippen MR) is 54.7 cm³/mol. The molecule has 0 aromatic heterocycles. The smallest absolute Gasteiger partial charge is 0.367 e. The second-order valence-corrected chi connectivity index (χ2v) is 5.57. The first kappa shape index (κ1) is 11.1. The van der Waals surface area contributed by atoms with Gasteiger partial charge in [-0.2, -0.15) is 0 Å². The second-order valence-electron chi connectivity index (χ2n) is 3.33. The maximum Gasteiger partial charge on any atom is 0.383 e. The Morgan fingerprint density at radius 3 is 2.31 bits per heavy atom. The van der Waals surface area contributed by atoms with Crippen LogP contribution in [0.2, 0.25) is 0 Å². The number of nitrogens with one attached hydrogen (secondary N) is 1. The van der Waals surface area contributed by atoms with Gasteiger partial charge in [0, 0.05) is 6.04 Å². The van der Waals surface area contributed by atoms with Gasteiger partial charge >= 0.3 is 7.60 Å². The van der Waals surface area contributed by atoms with E-state index >= 15 is 0 Å². The fraction of sp³-hybridized carbons (Fsp3) is 0.857. The normalized spacial score (nSPS) is 19.8. The van der Waals surface area contributed by atoms with Gasteiger partial charge in [-0.25, -0.2) is 0 Å². The Balaban J connectivity index is 2.39. The first-order valence-corrected chi connectivity index (χ1v) is 6.39. The summed E-state index contributed by atoms with van der Waals surface area (Å²) in [5, 5.41) is 2.73. The lowest BCUT2D eigenvalue weighted by Crippen LogP contribution is -2.34. The van der Waals surface area contributed by atoms with Gasteiger partial charge in [0.05, 0.1) is 0 Å². The highest BCUT2D eigenvalue weighted by atomic mass is 32.1. The molecule has 76 valence electrons. The highest BCUT2D eigenvalue weighted by Crippen LogP contribution is 2.36. The van der Waals surface area contributed by atoms with Crippen molar-refractivity contribution < 1.29 is 14.4 Å². The minimum atomic E-state index is -4.20. The van der Waals surface area contributed by atoms with E-state index < -0.39 is 7.60 Å². The van der Waals surface area contributed by atoms with Crippen molar-refractivity contribution in [2.75, 3.05) is 0 Å². The van der Waals surface area contributed by atoms with Crippen LogP contribution in [0.4, 0.5) is 0 Å². The van der Waals surface area contributed by atoms with Crippen LogP contribution in [0.1, 0.15) is 32.1 Å². The van der Waals surface area contributed by atoms with Gasteiger partial charge in [0.15, 0.2) is 4.73 Å². The molecule has 0 aromatic rings. The Labute approximate surface area is 82.9 Å². The molecule has 3 N–H and O–H groups in total.